The molecule has 1 fully saturated rings. The van der Waals surface area contributed by atoms with Crippen molar-refractivity contribution < 1.29 is 31.1 Å². The van der Waals surface area contributed by atoms with E-state index in [1.807, 2.05) is 41.3 Å². The standard InChI is InChI=1S/C25H24F3N5O4S/c1-37-19-4-2-3-17(15-19)21-6-8-23(30-29-21)31-11-13-32(14-12-31)38(35,36)20-5-7-22-18(16-20)9-10-33(22)24(34)25(26,27)28/h2-8,15-16H,9-14H2,1H3. The lowest BCUT2D eigenvalue weighted by Crippen LogP contribution is -2.49. The molecule has 1 saturated heterocycles. The van der Waals surface area contributed by atoms with Crippen molar-refractivity contribution >= 4 is 27.4 Å². The molecule has 38 heavy (non-hydrogen) atoms. The van der Waals surface area contributed by atoms with Crippen molar-refractivity contribution in [3.8, 4) is 17.0 Å². The summed E-state index contributed by atoms with van der Waals surface area (Å²) in [7, 11) is -2.28. The zero-order chi connectivity index (χ0) is 27.1. The molecule has 1 amide bonds. The first-order valence-corrected chi connectivity index (χ1v) is 13.3. The van der Waals surface area contributed by atoms with Crippen molar-refractivity contribution in [3.63, 3.8) is 0 Å². The zero-order valence-corrected chi connectivity index (χ0v) is 21.2. The third-order valence-corrected chi connectivity index (χ3v) is 8.55. The van der Waals surface area contributed by atoms with Crippen LogP contribution in [0.3, 0.4) is 0 Å². The number of amides is 1. The van der Waals surface area contributed by atoms with Crippen molar-refractivity contribution in [1.29, 1.82) is 0 Å². The van der Waals surface area contributed by atoms with Crippen LogP contribution in [-0.4, -0.2) is 74.8 Å². The number of hydrogen-bond donors (Lipinski definition) is 0. The first kappa shape index (κ1) is 25.9. The molecule has 2 aliphatic heterocycles. The summed E-state index contributed by atoms with van der Waals surface area (Å²) in [5.41, 5.74) is 2.03. The van der Waals surface area contributed by atoms with Crippen LogP contribution in [0.1, 0.15) is 5.56 Å². The summed E-state index contributed by atoms with van der Waals surface area (Å²) < 4.78 is 71.8. The van der Waals surface area contributed by atoms with Crippen LogP contribution in [0.2, 0.25) is 0 Å². The van der Waals surface area contributed by atoms with Crippen LogP contribution < -0.4 is 14.5 Å². The quantitative estimate of drug-likeness (QED) is 0.484. The highest BCUT2D eigenvalue weighted by Crippen LogP contribution is 2.34. The summed E-state index contributed by atoms with van der Waals surface area (Å²) in [6.07, 6.45) is -4.84. The van der Waals surface area contributed by atoms with Gasteiger partial charge in [0.05, 0.1) is 17.7 Å². The van der Waals surface area contributed by atoms with Crippen LogP contribution in [-0.2, 0) is 21.2 Å². The Morgan fingerprint density at radius 3 is 2.37 bits per heavy atom. The largest absolute Gasteiger partial charge is 0.497 e. The number of hydrogen-bond acceptors (Lipinski definition) is 7. The summed E-state index contributed by atoms with van der Waals surface area (Å²) in [4.78, 5) is 14.3. The summed E-state index contributed by atoms with van der Waals surface area (Å²) in [5, 5.41) is 8.62. The molecule has 1 aromatic heterocycles. The van der Waals surface area contributed by atoms with Gasteiger partial charge in [-0.25, -0.2) is 8.42 Å². The third kappa shape index (κ3) is 4.90. The number of rotatable bonds is 5. The number of aromatic nitrogens is 2. The molecular weight excluding hydrogens is 523 g/mol. The minimum Gasteiger partial charge on any atom is -0.497 e. The molecule has 13 heteroatoms. The summed E-state index contributed by atoms with van der Waals surface area (Å²) in [6, 6.07) is 15.0. The van der Waals surface area contributed by atoms with Gasteiger partial charge >= 0.3 is 12.1 Å². The zero-order valence-electron chi connectivity index (χ0n) is 20.3. The van der Waals surface area contributed by atoms with E-state index in [1.165, 1.54) is 22.5 Å². The lowest BCUT2D eigenvalue weighted by Gasteiger charge is -2.34. The van der Waals surface area contributed by atoms with Gasteiger partial charge in [0.15, 0.2) is 5.82 Å². The molecule has 0 atom stereocenters. The SMILES string of the molecule is COc1cccc(-c2ccc(N3CCN(S(=O)(=O)c4ccc5c(c4)CCN5C(=O)C(F)(F)F)CC3)nn2)c1. The van der Waals surface area contributed by atoms with Gasteiger partial charge in [-0.1, -0.05) is 12.1 Å². The Hall–Kier alpha value is -3.71. The van der Waals surface area contributed by atoms with E-state index < -0.39 is 22.1 Å². The lowest BCUT2D eigenvalue weighted by molar-refractivity contribution is -0.170. The third-order valence-electron chi connectivity index (χ3n) is 6.65. The minimum absolute atomic E-state index is 0.00607. The van der Waals surface area contributed by atoms with E-state index in [9.17, 15) is 26.4 Å². The number of sulfonamides is 1. The van der Waals surface area contributed by atoms with Gasteiger partial charge in [-0.15, -0.1) is 10.2 Å². The normalized spacial score (nSPS) is 16.4. The minimum atomic E-state index is -4.99. The monoisotopic (exact) mass is 547 g/mol. The second-order valence-corrected chi connectivity index (χ2v) is 10.8. The molecular formula is C25H24F3N5O4S. The fraction of sp³-hybridized carbons (Fsp3) is 0.320. The molecule has 3 heterocycles. The van der Waals surface area contributed by atoms with Crippen molar-refractivity contribution in [1.82, 2.24) is 14.5 Å². The summed E-state index contributed by atoms with van der Waals surface area (Å²) in [6.45, 7) is 1.05. The number of ether oxygens (including phenoxy) is 1. The van der Waals surface area contributed by atoms with Gasteiger partial charge < -0.3 is 14.5 Å². The van der Waals surface area contributed by atoms with E-state index in [1.54, 1.807) is 7.11 Å². The van der Waals surface area contributed by atoms with Gasteiger partial charge in [0.2, 0.25) is 10.0 Å². The number of carbonyl (C=O) groups is 1. The van der Waals surface area contributed by atoms with Crippen LogP contribution in [0, 0.1) is 0 Å². The number of piperazine rings is 1. The topological polar surface area (TPSA) is 95.9 Å². The number of halogens is 3. The maximum Gasteiger partial charge on any atom is 0.471 e. The molecule has 0 spiro atoms. The predicted molar refractivity (Wildman–Crippen MR) is 134 cm³/mol. The molecule has 0 aliphatic carbocycles. The Morgan fingerprint density at radius 2 is 1.71 bits per heavy atom. The number of carbonyl (C=O) groups excluding carboxylic acids is 1. The second kappa shape index (κ2) is 9.87. The fourth-order valence-electron chi connectivity index (χ4n) is 4.64. The van der Waals surface area contributed by atoms with Crippen LogP contribution in [0.5, 0.6) is 5.75 Å². The smallest absolute Gasteiger partial charge is 0.471 e. The van der Waals surface area contributed by atoms with Gasteiger partial charge in [-0.2, -0.15) is 17.5 Å². The van der Waals surface area contributed by atoms with E-state index in [4.69, 9.17) is 4.74 Å². The molecule has 200 valence electrons. The van der Waals surface area contributed by atoms with E-state index >= 15 is 0 Å². The van der Waals surface area contributed by atoms with Gasteiger partial charge in [0.25, 0.3) is 0 Å². The van der Waals surface area contributed by atoms with Gasteiger partial charge in [0, 0.05) is 44.0 Å². The van der Waals surface area contributed by atoms with Crippen molar-refractivity contribution in [2.45, 2.75) is 17.5 Å². The molecule has 0 bridgehead atoms. The number of methoxy groups -OCH3 is 1. The molecule has 0 N–H and O–H groups in total. The number of nitrogens with zero attached hydrogens (tertiary/aromatic N) is 5. The molecule has 0 radical (unpaired) electrons. The van der Waals surface area contributed by atoms with Crippen molar-refractivity contribution in [2.24, 2.45) is 0 Å². The van der Waals surface area contributed by atoms with Crippen LogP contribution in [0.15, 0.2) is 59.5 Å². The number of fused-ring (bicyclic) bond motifs is 1. The maximum atomic E-state index is 13.3. The Bertz CT molecular complexity index is 1460. The molecule has 5 rings (SSSR count). The van der Waals surface area contributed by atoms with Gasteiger partial charge in [0.1, 0.15) is 5.75 Å². The van der Waals surface area contributed by atoms with Gasteiger partial charge in [-0.3, -0.25) is 4.79 Å². The average Bonchev–Trinajstić information content (AvgIpc) is 3.35. The Balaban J connectivity index is 1.25. The van der Waals surface area contributed by atoms with E-state index in [0.717, 1.165) is 5.56 Å². The number of alkyl halides is 3. The van der Waals surface area contributed by atoms with E-state index in [0.29, 0.717) is 40.8 Å². The van der Waals surface area contributed by atoms with E-state index in [-0.39, 0.29) is 36.6 Å². The van der Waals surface area contributed by atoms with Crippen LogP contribution in [0.25, 0.3) is 11.3 Å². The van der Waals surface area contributed by atoms with Crippen molar-refractivity contribution in [2.75, 3.05) is 49.6 Å². The fourth-order valence-corrected chi connectivity index (χ4v) is 6.11. The highest BCUT2D eigenvalue weighted by Gasteiger charge is 2.45. The second-order valence-electron chi connectivity index (χ2n) is 8.89. The molecule has 2 aliphatic rings. The lowest BCUT2D eigenvalue weighted by atomic mass is 10.1. The molecule has 3 aromatic rings. The first-order chi connectivity index (χ1) is 18.1. The molecule has 2 aromatic carbocycles. The van der Waals surface area contributed by atoms with Gasteiger partial charge in [-0.05, 0) is 54.4 Å². The summed E-state index contributed by atoms with van der Waals surface area (Å²) in [5.74, 6) is -0.621. The Morgan fingerprint density at radius 1 is 0.947 bits per heavy atom. The summed E-state index contributed by atoms with van der Waals surface area (Å²) >= 11 is 0. The van der Waals surface area contributed by atoms with Crippen LogP contribution in [0.4, 0.5) is 24.7 Å². The van der Waals surface area contributed by atoms with Crippen LogP contribution >= 0.6 is 0 Å². The molecule has 9 nitrogen and oxygen atoms in total. The number of benzene rings is 2. The Kier molecular flexibility index (Phi) is 6.73. The number of anilines is 2. The van der Waals surface area contributed by atoms with Crippen molar-refractivity contribution in [3.05, 3.63) is 60.2 Å². The highest BCUT2D eigenvalue weighted by molar-refractivity contribution is 7.89. The van der Waals surface area contributed by atoms with E-state index in [2.05, 4.69) is 10.2 Å². The first-order valence-electron chi connectivity index (χ1n) is 11.8. The Labute approximate surface area is 217 Å². The maximum absolute atomic E-state index is 13.3. The predicted octanol–water partition coefficient (Wildman–Crippen LogP) is 3.11. The highest BCUT2D eigenvalue weighted by atomic mass is 32.2. The molecule has 0 saturated carbocycles. The average molecular weight is 548 g/mol. The molecule has 0 unspecified atom stereocenters.